The van der Waals surface area contributed by atoms with Gasteiger partial charge in [-0.15, -0.1) is 0 Å². The third-order valence-electron chi connectivity index (χ3n) is 4.20. The fourth-order valence-corrected chi connectivity index (χ4v) is 2.67. The second-order valence-corrected chi connectivity index (χ2v) is 6.06. The van der Waals surface area contributed by atoms with Crippen molar-refractivity contribution in [2.24, 2.45) is 0 Å². The van der Waals surface area contributed by atoms with E-state index in [1.807, 2.05) is 31.2 Å². The Bertz CT molecular complexity index is 481. The van der Waals surface area contributed by atoms with Gasteiger partial charge in [-0.25, -0.2) is 4.79 Å². The van der Waals surface area contributed by atoms with Gasteiger partial charge in [-0.05, 0) is 37.3 Å². The monoisotopic (exact) mass is 306 g/mol. The molecule has 0 bridgehead atoms. The van der Waals surface area contributed by atoms with Crippen LogP contribution in [0.1, 0.15) is 43.9 Å². The lowest BCUT2D eigenvalue weighted by Crippen LogP contribution is -2.46. The Balaban J connectivity index is 1.87. The zero-order chi connectivity index (χ0) is 16.0. The number of benzene rings is 1. The Kier molecular flexibility index (Phi) is 5.80. The first-order valence-corrected chi connectivity index (χ1v) is 7.94. The van der Waals surface area contributed by atoms with Crippen molar-refractivity contribution in [2.75, 3.05) is 19.8 Å². The average molecular weight is 306 g/mol. The third kappa shape index (κ3) is 4.45. The molecule has 0 aliphatic carbocycles. The SMILES string of the molecule is CCc1ccc(C(CO)NC(=O)NCC2(C)CCCO2)cc1. The smallest absolute Gasteiger partial charge is 0.315 e. The van der Waals surface area contributed by atoms with E-state index >= 15 is 0 Å². The molecule has 2 atom stereocenters. The lowest BCUT2D eigenvalue weighted by molar-refractivity contribution is 0.0228. The summed E-state index contributed by atoms with van der Waals surface area (Å²) >= 11 is 0. The molecule has 3 N–H and O–H groups in total. The minimum atomic E-state index is -0.400. The van der Waals surface area contributed by atoms with Crippen LogP contribution in [0.3, 0.4) is 0 Å². The first-order chi connectivity index (χ1) is 10.6. The Morgan fingerprint density at radius 3 is 2.68 bits per heavy atom. The molecule has 2 rings (SSSR count). The maximum absolute atomic E-state index is 12.0. The Morgan fingerprint density at radius 1 is 1.41 bits per heavy atom. The van der Waals surface area contributed by atoms with Crippen molar-refractivity contribution in [3.8, 4) is 0 Å². The predicted octanol–water partition coefficient (Wildman–Crippen LogP) is 2.15. The standard InChI is InChI=1S/C17H26N2O3/c1-3-13-5-7-14(8-6-13)15(11-20)19-16(21)18-12-17(2)9-4-10-22-17/h5-8,15,20H,3-4,9-12H2,1-2H3,(H2,18,19,21). The average Bonchev–Trinajstić information content (AvgIpc) is 2.98. The number of aliphatic hydroxyl groups is 1. The van der Waals surface area contributed by atoms with Crippen molar-refractivity contribution >= 4 is 6.03 Å². The van der Waals surface area contributed by atoms with Gasteiger partial charge in [0.25, 0.3) is 0 Å². The molecular weight excluding hydrogens is 280 g/mol. The number of ether oxygens (including phenoxy) is 1. The van der Waals surface area contributed by atoms with Gasteiger partial charge in [0.05, 0.1) is 18.2 Å². The number of carbonyl (C=O) groups is 1. The molecule has 1 aliphatic rings. The van der Waals surface area contributed by atoms with E-state index in [-0.39, 0.29) is 18.2 Å². The number of amides is 2. The van der Waals surface area contributed by atoms with Crippen molar-refractivity contribution in [3.63, 3.8) is 0 Å². The van der Waals surface area contributed by atoms with Crippen molar-refractivity contribution in [1.82, 2.24) is 10.6 Å². The molecule has 22 heavy (non-hydrogen) atoms. The molecule has 1 heterocycles. The second kappa shape index (κ2) is 7.61. The van der Waals surface area contributed by atoms with E-state index in [0.717, 1.165) is 31.4 Å². The molecule has 122 valence electrons. The van der Waals surface area contributed by atoms with Crippen LogP contribution in [-0.2, 0) is 11.2 Å². The molecule has 0 radical (unpaired) electrons. The number of carbonyl (C=O) groups excluding carboxylic acids is 1. The van der Waals surface area contributed by atoms with E-state index in [1.165, 1.54) is 5.56 Å². The predicted molar refractivity (Wildman–Crippen MR) is 85.8 cm³/mol. The molecule has 1 aliphatic heterocycles. The molecule has 0 aromatic heterocycles. The lowest BCUT2D eigenvalue weighted by atomic mass is 10.0. The fraction of sp³-hybridized carbons (Fsp3) is 0.588. The third-order valence-corrected chi connectivity index (χ3v) is 4.20. The maximum atomic E-state index is 12.0. The molecule has 5 heteroatoms. The van der Waals surface area contributed by atoms with Crippen LogP contribution in [-0.4, -0.2) is 36.5 Å². The number of hydrogen-bond acceptors (Lipinski definition) is 3. The summed E-state index contributed by atoms with van der Waals surface area (Å²) < 4.78 is 5.64. The van der Waals surface area contributed by atoms with Crippen molar-refractivity contribution in [2.45, 2.75) is 44.8 Å². The largest absolute Gasteiger partial charge is 0.394 e. The van der Waals surface area contributed by atoms with E-state index in [9.17, 15) is 9.90 Å². The van der Waals surface area contributed by atoms with Crippen molar-refractivity contribution in [3.05, 3.63) is 35.4 Å². The fourth-order valence-electron chi connectivity index (χ4n) is 2.67. The van der Waals surface area contributed by atoms with Crippen LogP contribution in [0.2, 0.25) is 0 Å². The molecule has 1 aromatic rings. The zero-order valence-corrected chi connectivity index (χ0v) is 13.4. The lowest BCUT2D eigenvalue weighted by Gasteiger charge is -2.24. The highest BCUT2D eigenvalue weighted by molar-refractivity contribution is 5.74. The Morgan fingerprint density at radius 2 is 2.14 bits per heavy atom. The molecule has 2 amide bonds. The van der Waals surface area contributed by atoms with Crippen LogP contribution >= 0.6 is 0 Å². The van der Waals surface area contributed by atoms with E-state index < -0.39 is 6.04 Å². The number of nitrogens with one attached hydrogen (secondary N) is 2. The number of urea groups is 1. The minimum Gasteiger partial charge on any atom is -0.394 e. The summed E-state index contributed by atoms with van der Waals surface area (Å²) in [5.74, 6) is 0. The van der Waals surface area contributed by atoms with Gasteiger partial charge in [0.2, 0.25) is 0 Å². The van der Waals surface area contributed by atoms with E-state index in [2.05, 4.69) is 17.6 Å². The summed E-state index contributed by atoms with van der Waals surface area (Å²) in [6.45, 7) is 5.20. The molecule has 1 aromatic carbocycles. The van der Waals surface area contributed by atoms with Gasteiger partial charge in [0, 0.05) is 13.2 Å². The molecule has 2 unspecified atom stereocenters. The molecule has 1 saturated heterocycles. The Hall–Kier alpha value is -1.59. The zero-order valence-electron chi connectivity index (χ0n) is 13.4. The summed E-state index contributed by atoms with van der Waals surface area (Å²) in [4.78, 5) is 12.0. The summed E-state index contributed by atoms with van der Waals surface area (Å²) in [6.07, 6.45) is 2.95. The topological polar surface area (TPSA) is 70.6 Å². The highest BCUT2D eigenvalue weighted by Gasteiger charge is 2.30. The first-order valence-electron chi connectivity index (χ1n) is 7.94. The van der Waals surface area contributed by atoms with Gasteiger partial charge in [-0.1, -0.05) is 31.2 Å². The van der Waals surface area contributed by atoms with Crippen LogP contribution in [0.25, 0.3) is 0 Å². The van der Waals surface area contributed by atoms with Crippen LogP contribution < -0.4 is 10.6 Å². The molecule has 0 saturated carbocycles. The molecule has 1 fully saturated rings. The number of aliphatic hydroxyl groups excluding tert-OH is 1. The van der Waals surface area contributed by atoms with Crippen LogP contribution in [0.5, 0.6) is 0 Å². The van der Waals surface area contributed by atoms with Crippen molar-refractivity contribution in [1.29, 1.82) is 0 Å². The van der Waals surface area contributed by atoms with Crippen molar-refractivity contribution < 1.29 is 14.6 Å². The van der Waals surface area contributed by atoms with E-state index in [0.29, 0.717) is 6.54 Å². The summed E-state index contributed by atoms with van der Waals surface area (Å²) in [5.41, 5.74) is 1.86. The highest BCUT2D eigenvalue weighted by atomic mass is 16.5. The van der Waals surface area contributed by atoms with Gasteiger partial charge in [0.1, 0.15) is 0 Å². The van der Waals surface area contributed by atoms with E-state index in [1.54, 1.807) is 0 Å². The van der Waals surface area contributed by atoms with Gasteiger partial charge in [-0.3, -0.25) is 0 Å². The maximum Gasteiger partial charge on any atom is 0.315 e. The summed E-state index contributed by atoms with van der Waals surface area (Å²) in [6, 6.07) is 7.25. The van der Waals surface area contributed by atoms with Crippen LogP contribution in [0.4, 0.5) is 4.79 Å². The summed E-state index contributed by atoms with van der Waals surface area (Å²) in [5, 5.41) is 15.2. The minimum absolute atomic E-state index is 0.132. The van der Waals surface area contributed by atoms with Crippen LogP contribution in [0.15, 0.2) is 24.3 Å². The molecular formula is C17H26N2O3. The summed E-state index contributed by atoms with van der Waals surface area (Å²) in [7, 11) is 0. The molecule has 0 spiro atoms. The Labute approximate surface area is 132 Å². The van der Waals surface area contributed by atoms with Gasteiger partial charge in [0.15, 0.2) is 0 Å². The van der Waals surface area contributed by atoms with Gasteiger partial charge < -0.3 is 20.5 Å². The second-order valence-electron chi connectivity index (χ2n) is 6.06. The van der Waals surface area contributed by atoms with E-state index in [4.69, 9.17) is 4.74 Å². The number of rotatable bonds is 6. The normalized spacial score (nSPS) is 22.3. The van der Waals surface area contributed by atoms with Gasteiger partial charge in [-0.2, -0.15) is 0 Å². The number of aryl methyl sites for hydroxylation is 1. The first kappa shape index (κ1) is 16.8. The van der Waals surface area contributed by atoms with Gasteiger partial charge >= 0.3 is 6.03 Å². The number of hydrogen-bond donors (Lipinski definition) is 3. The molecule has 5 nitrogen and oxygen atoms in total. The highest BCUT2D eigenvalue weighted by Crippen LogP contribution is 2.23. The quantitative estimate of drug-likeness (QED) is 0.754. The van der Waals surface area contributed by atoms with Crippen LogP contribution in [0, 0.1) is 0 Å².